The summed E-state index contributed by atoms with van der Waals surface area (Å²) in [5.41, 5.74) is 9.40. The number of pyridine rings is 1. The van der Waals surface area contributed by atoms with Crippen molar-refractivity contribution >= 4 is 40.1 Å². The second-order valence-electron chi connectivity index (χ2n) is 5.60. The Kier molecular flexibility index (Phi) is 4.38. The minimum Gasteiger partial charge on any atom is -0.330 e. The Morgan fingerprint density at radius 2 is 2.15 bits per heavy atom. The highest BCUT2D eigenvalue weighted by Gasteiger charge is 2.11. The standard InChI is InChI=1S/C17H15N7OS/c18-7-15(25)22-14-6-10(3-4-20-14)16-23-24-17(26-16)21-13-2-1-11-8-19-9-12(11)5-13/h1-6,9H,7-8,18H2,(H,21,24)(H,20,22,25). The Morgan fingerprint density at radius 1 is 1.23 bits per heavy atom. The van der Waals surface area contributed by atoms with E-state index in [0.717, 1.165) is 28.4 Å². The molecule has 1 aromatic carbocycles. The van der Waals surface area contributed by atoms with E-state index in [1.54, 1.807) is 12.3 Å². The van der Waals surface area contributed by atoms with Crippen LogP contribution < -0.4 is 16.4 Å². The number of nitrogens with one attached hydrogen (secondary N) is 2. The average Bonchev–Trinajstić information content (AvgIpc) is 3.31. The molecule has 1 aliphatic heterocycles. The van der Waals surface area contributed by atoms with Gasteiger partial charge in [0.15, 0.2) is 0 Å². The summed E-state index contributed by atoms with van der Waals surface area (Å²) in [6.07, 6.45) is 3.48. The van der Waals surface area contributed by atoms with Gasteiger partial charge >= 0.3 is 0 Å². The maximum absolute atomic E-state index is 11.4. The highest BCUT2D eigenvalue weighted by Crippen LogP contribution is 2.30. The van der Waals surface area contributed by atoms with Crippen molar-refractivity contribution in [2.75, 3.05) is 17.2 Å². The molecular formula is C17H15N7OS. The molecule has 0 unspecified atom stereocenters. The number of benzene rings is 1. The number of hydrogen-bond donors (Lipinski definition) is 3. The van der Waals surface area contributed by atoms with Crippen molar-refractivity contribution in [3.8, 4) is 10.6 Å². The molecular weight excluding hydrogens is 350 g/mol. The minimum absolute atomic E-state index is 0.0930. The van der Waals surface area contributed by atoms with Crippen LogP contribution in [0, 0.1) is 0 Å². The van der Waals surface area contributed by atoms with Gasteiger partial charge in [0.25, 0.3) is 0 Å². The molecule has 130 valence electrons. The summed E-state index contributed by atoms with van der Waals surface area (Å²) >= 11 is 1.42. The molecule has 0 spiro atoms. The summed E-state index contributed by atoms with van der Waals surface area (Å²) in [5, 5.41) is 15.7. The molecule has 1 aliphatic rings. The van der Waals surface area contributed by atoms with Crippen molar-refractivity contribution in [2.45, 2.75) is 6.54 Å². The van der Waals surface area contributed by atoms with Gasteiger partial charge in [-0.3, -0.25) is 9.79 Å². The van der Waals surface area contributed by atoms with E-state index in [2.05, 4.69) is 36.9 Å². The molecule has 0 atom stereocenters. The molecule has 1 amide bonds. The lowest BCUT2D eigenvalue weighted by molar-refractivity contribution is -0.114. The van der Waals surface area contributed by atoms with Crippen molar-refractivity contribution < 1.29 is 4.79 Å². The summed E-state index contributed by atoms with van der Waals surface area (Å²) in [6, 6.07) is 9.65. The molecule has 2 aromatic heterocycles. The van der Waals surface area contributed by atoms with Crippen LogP contribution in [0.4, 0.5) is 16.6 Å². The minimum atomic E-state index is -0.297. The van der Waals surface area contributed by atoms with E-state index in [-0.39, 0.29) is 12.5 Å². The number of carbonyl (C=O) groups excluding carboxylic acids is 1. The summed E-state index contributed by atoms with van der Waals surface area (Å²) < 4.78 is 0. The largest absolute Gasteiger partial charge is 0.330 e. The molecule has 26 heavy (non-hydrogen) atoms. The maximum atomic E-state index is 11.4. The van der Waals surface area contributed by atoms with Gasteiger partial charge in [0, 0.05) is 23.7 Å². The van der Waals surface area contributed by atoms with Crippen LogP contribution >= 0.6 is 11.3 Å². The third-order valence-electron chi connectivity index (χ3n) is 3.77. The van der Waals surface area contributed by atoms with E-state index in [0.29, 0.717) is 10.9 Å². The Labute approximate surface area is 153 Å². The Bertz CT molecular complexity index is 998. The molecule has 3 heterocycles. The first-order chi connectivity index (χ1) is 12.7. The number of aliphatic imine (C=N–C) groups is 1. The third kappa shape index (κ3) is 3.44. The first-order valence-corrected chi connectivity index (χ1v) is 8.72. The van der Waals surface area contributed by atoms with E-state index in [9.17, 15) is 4.79 Å². The lowest BCUT2D eigenvalue weighted by Crippen LogP contribution is -2.22. The highest BCUT2D eigenvalue weighted by molar-refractivity contribution is 7.18. The van der Waals surface area contributed by atoms with Gasteiger partial charge in [-0.15, -0.1) is 10.2 Å². The third-order valence-corrected chi connectivity index (χ3v) is 4.66. The molecule has 0 saturated heterocycles. The zero-order valence-corrected chi connectivity index (χ0v) is 14.5. The van der Waals surface area contributed by atoms with Crippen molar-refractivity contribution in [1.29, 1.82) is 0 Å². The molecule has 4 rings (SSSR count). The number of aromatic nitrogens is 3. The van der Waals surface area contributed by atoms with Crippen LogP contribution in [-0.4, -0.2) is 33.8 Å². The zero-order chi connectivity index (χ0) is 17.9. The number of rotatable bonds is 5. The first kappa shape index (κ1) is 16.3. The van der Waals surface area contributed by atoms with E-state index in [1.807, 2.05) is 24.4 Å². The van der Waals surface area contributed by atoms with Gasteiger partial charge in [0.2, 0.25) is 11.0 Å². The van der Waals surface area contributed by atoms with Crippen LogP contribution in [0.2, 0.25) is 0 Å². The number of nitrogens with zero attached hydrogens (tertiary/aromatic N) is 4. The van der Waals surface area contributed by atoms with Crippen LogP contribution in [0.3, 0.4) is 0 Å². The van der Waals surface area contributed by atoms with E-state index in [1.165, 1.54) is 16.9 Å². The van der Waals surface area contributed by atoms with Crippen molar-refractivity contribution in [1.82, 2.24) is 15.2 Å². The lowest BCUT2D eigenvalue weighted by Gasteiger charge is -2.04. The number of amides is 1. The van der Waals surface area contributed by atoms with Gasteiger partial charge in [0.05, 0.1) is 13.1 Å². The topological polar surface area (TPSA) is 118 Å². The van der Waals surface area contributed by atoms with Crippen LogP contribution in [-0.2, 0) is 11.3 Å². The second-order valence-corrected chi connectivity index (χ2v) is 6.58. The number of anilines is 3. The SMILES string of the molecule is NCC(=O)Nc1cc(-c2nnc(Nc3ccc4c(c3)C=NC4)s2)ccn1. The number of nitrogens with two attached hydrogens (primary N) is 1. The zero-order valence-electron chi connectivity index (χ0n) is 13.6. The smallest absolute Gasteiger partial charge is 0.239 e. The molecule has 0 aliphatic carbocycles. The second kappa shape index (κ2) is 6.98. The molecule has 4 N–H and O–H groups in total. The number of carbonyl (C=O) groups is 1. The normalized spacial score (nSPS) is 12.0. The summed E-state index contributed by atoms with van der Waals surface area (Å²) in [4.78, 5) is 19.8. The van der Waals surface area contributed by atoms with Crippen LogP contribution in [0.25, 0.3) is 10.6 Å². The van der Waals surface area contributed by atoms with Crippen LogP contribution in [0.1, 0.15) is 11.1 Å². The predicted octanol–water partition coefficient (Wildman–Crippen LogP) is 2.17. The van der Waals surface area contributed by atoms with Crippen LogP contribution in [0.15, 0.2) is 41.5 Å². The first-order valence-electron chi connectivity index (χ1n) is 7.91. The Hall–Kier alpha value is -3.17. The van der Waals surface area contributed by atoms with E-state index in [4.69, 9.17) is 5.73 Å². The molecule has 9 heteroatoms. The summed E-state index contributed by atoms with van der Waals surface area (Å²) in [5.74, 6) is 0.134. The molecule has 0 radical (unpaired) electrons. The van der Waals surface area contributed by atoms with Gasteiger partial charge in [-0.05, 0) is 35.4 Å². The molecule has 0 saturated carbocycles. The van der Waals surface area contributed by atoms with Crippen molar-refractivity contribution in [2.24, 2.45) is 10.7 Å². The van der Waals surface area contributed by atoms with E-state index >= 15 is 0 Å². The molecule has 0 fully saturated rings. The maximum Gasteiger partial charge on any atom is 0.239 e. The van der Waals surface area contributed by atoms with Gasteiger partial charge < -0.3 is 16.4 Å². The average molecular weight is 365 g/mol. The van der Waals surface area contributed by atoms with Crippen molar-refractivity contribution in [3.63, 3.8) is 0 Å². The monoisotopic (exact) mass is 365 g/mol. The van der Waals surface area contributed by atoms with Gasteiger partial charge in [0.1, 0.15) is 10.8 Å². The van der Waals surface area contributed by atoms with E-state index < -0.39 is 0 Å². The Morgan fingerprint density at radius 3 is 3.04 bits per heavy atom. The van der Waals surface area contributed by atoms with Crippen molar-refractivity contribution in [3.05, 3.63) is 47.7 Å². The van der Waals surface area contributed by atoms with Gasteiger partial charge in [-0.1, -0.05) is 17.4 Å². The quantitative estimate of drug-likeness (QED) is 0.638. The fraction of sp³-hybridized carbons (Fsp3) is 0.118. The highest BCUT2D eigenvalue weighted by atomic mass is 32.1. The number of fused-ring (bicyclic) bond motifs is 1. The Balaban J connectivity index is 1.52. The predicted molar refractivity (Wildman–Crippen MR) is 102 cm³/mol. The number of hydrogen-bond acceptors (Lipinski definition) is 8. The summed E-state index contributed by atoms with van der Waals surface area (Å²) in [6.45, 7) is 0.647. The van der Waals surface area contributed by atoms with Gasteiger partial charge in [-0.25, -0.2) is 4.98 Å². The molecule has 3 aromatic rings. The fourth-order valence-electron chi connectivity index (χ4n) is 2.52. The summed E-state index contributed by atoms with van der Waals surface area (Å²) in [7, 11) is 0. The molecule has 0 bridgehead atoms. The fourth-order valence-corrected chi connectivity index (χ4v) is 3.28. The molecule has 8 nitrogen and oxygen atoms in total. The van der Waals surface area contributed by atoms with Crippen LogP contribution in [0.5, 0.6) is 0 Å². The van der Waals surface area contributed by atoms with Gasteiger partial charge in [-0.2, -0.15) is 0 Å². The lowest BCUT2D eigenvalue weighted by atomic mass is 10.1.